The lowest BCUT2D eigenvalue weighted by atomic mass is 9.47. The Labute approximate surface area is 150 Å². The van der Waals surface area contributed by atoms with E-state index in [9.17, 15) is 9.90 Å². The molecule has 1 heterocycles. The summed E-state index contributed by atoms with van der Waals surface area (Å²) in [4.78, 5) is 12.8. The quantitative estimate of drug-likeness (QED) is 0.860. The van der Waals surface area contributed by atoms with E-state index >= 15 is 0 Å². The molecule has 4 aliphatic carbocycles. The Hall–Kier alpha value is -1.36. The fraction of sp³-hybridized carbons (Fsp3) is 0.800. The Morgan fingerprint density at radius 3 is 2.64 bits per heavy atom. The van der Waals surface area contributed by atoms with Crippen molar-refractivity contribution >= 4 is 11.7 Å². The van der Waals surface area contributed by atoms with Crippen LogP contribution in [0.15, 0.2) is 6.07 Å². The summed E-state index contributed by atoms with van der Waals surface area (Å²) < 4.78 is 1.77. The average molecular weight is 345 g/mol. The molecule has 0 aliphatic heterocycles. The highest BCUT2D eigenvalue weighted by Crippen LogP contribution is 2.62. The number of aliphatic hydroxyl groups is 1. The highest BCUT2D eigenvalue weighted by molar-refractivity contribution is 5.90. The highest BCUT2D eigenvalue weighted by atomic mass is 16.3. The first-order valence-electron chi connectivity index (χ1n) is 9.79. The molecule has 4 saturated carbocycles. The lowest BCUT2D eigenvalue weighted by molar-refractivity contribution is -0.167. The number of carbonyl (C=O) groups is 1. The Balaban J connectivity index is 1.44. The molecule has 5 rings (SSSR count). The molecule has 2 N–H and O–H groups in total. The number of anilines is 1. The zero-order chi connectivity index (χ0) is 17.8. The molecule has 2 unspecified atom stereocenters. The van der Waals surface area contributed by atoms with Crippen LogP contribution in [0.1, 0.15) is 64.5 Å². The van der Waals surface area contributed by atoms with Gasteiger partial charge in [0, 0.05) is 19.5 Å². The van der Waals surface area contributed by atoms with Crippen LogP contribution in [0.3, 0.4) is 0 Å². The van der Waals surface area contributed by atoms with Gasteiger partial charge >= 0.3 is 0 Å². The van der Waals surface area contributed by atoms with Gasteiger partial charge in [-0.05, 0) is 68.1 Å². The molecule has 0 spiro atoms. The molecule has 1 aromatic rings. The van der Waals surface area contributed by atoms with Crippen LogP contribution < -0.4 is 5.32 Å². The van der Waals surface area contributed by atoms with E-state index in [1.54, 1.807) is 4.68 Å². The number of nitrogens with one attached hydrogen (secondary N) is 1. The number of amides is 1. The SMILES string of the molecule is CC(C)Cc1cc(NC(=O)CC23CC4CC(CC(O)(C4)C2)C3)n(C)n1. The van der Waals surface area contributed by atoms with Crippen molar-refractivity contribution in [2.24, 2.45) is 30.2 Å². The van der Waals surface area contributed by atoms with E-state index in [0.29, 0.717) is 24.2 Å². The third-order valence-electron chi connectivity index (χ3n) is 6.50. The number of hydrogen-bond donors (Lipinski definition) is 2. The second-order valence-electron chi connectivity index (χ2n) is 9.65. The van der Waals surface area contributed by atoms with Gasteiger partial charge in [-0.15, -0.1) is 0 Å². The summed E-state index contributed by atoms with van der Waals surface area (Å²) in [5.74, 6) is 2.64. The van der Waals surface area contributed by atoms with Crippen LogP contribution in [0.25, 0.3) is 0 Å². The van der Waals surface area contributed by atoms with Crippen LogP contribution in [0, 0.1) is 23.2 Å². The first-order valence-corrected chi connectivity index (χ1v) is 9.79. The minimum Gasteiger partial charge on any atom is -0.390 e. The third-order valence-corrected chi connectivity index (χ3v) is 6.50. The number of nitrogens with zero attached hydrogens (tertiary/aromatic N) is 2. The van der Waals surface area contributed by atoms with Crippen LogP contribution in [0.4, 0.5) is 5.82 Å². The minimum absolute atomic E-state index is 0.0161. The molecule has 2 atom stereocenters. The molecule has 4 aliphatic rings. The van der Waals surface area contributed by atoms with Gasteiger partial charge < -0.3 is 10.4 Å². The monoisotopic (exact) mass is 345 g/mol. The molecular weight excluding hydrogens is 314 g/mol. The van der Waals surface area contributed by atoms with Gasteiger partial charge in [0.2, 0.25) is 5.91 Å². The second kappa shape index (κ2) is 5.83. The number of carbonyl (C=O) groups excluding carboxylic acids is 1. The van der Waals surface area contributed by atoms with Crippen LogP contribution >= 0.6 is 0 Å². The summed E-state index contributed by atoms with van der Waals surface area (Å²) in [5.41, 5.74) is 0.542. The molecule has 5 heteroatoms. The van der Waals surface area contributed by atoms with Crippen LogP contribution in [0.5, 0.6) is 0 Å². The zero-order valence-electron chi connectivity index (χ0n) is 15.7. The van der Waals surface area contributed by atoms with Gasteiger partial charge in [0.15, 0.2) is 0 Å². The van der Waals surface area contributed by atoms with E-state index in [-0.39, 0.29) is 11.3 Å². The summed E-state index contributed by atoms with van der Waals surface area (Å²) in [6.07, 6.45) is 7.65. The van der Waals surface area contributed by atoms with Gasteiger partial charge in [-0.3, -0.25) is 9.48 Å². The largest absolute Gasteiger partial charge is 0.390 e. The number of aromatic nitrogens is 2. The van der Waals surface area contributed by atoms with Crippen LogP contribution in [-0.4, -0.2) is 26.4 Å². The van der Waals surface area contributed by atoms with Crippen molar-refractivity contribution in [2.45, 2.75) is 70.8 Å². The molecule has 0 aromatic carbocycles. The molecule has 4 fully saturated rings. The molecular formula is C20H31N3O2. The second-order valence-corrected chi connectivity index (χ2v) is 9.65. The standard InChI is InChI=1S/C20H31N3O2/c1-13(2)4-16-6-17(23(3)22-16)21-18(24)11-19-7-14-5-15(8-19)10-20(25,9-14)12-19/h6,13-15,25H,4-5,7-12H2,1-3H3,(H,21,24). The van der Waals surface area contributed by atoms with E-state index < -0.39 is 5.60 Å². The van der Waals surface area contributed by atoms with Gasteiger partial charge in [-0.2, -0.15) is 5.10 Å². The summed E-state index contributed by atoms with van der Waals surface area (Å²) in [7, 11) is 1.88. The molecule has 138 valence electrons. The van der Waals surface area contributed by atoms with E-state index in [0.717, 1.165) is 50.0 Å². The van der Waals surface area contributed by atoms with Crippen molar-refractivity contribution in [2.75, 3.05) is 5.32 Å². The maximum Gasteiger partial charge on any atom is 0.226 e. The van der Waals surface area contributed by atoms with E-state index in [1.165, 1.54) is 6.42 Å². The van der Waals surface area contributed by atoms with Gasteiger partial charge in [0.25, 0.3) is 0 Å². The molecule has 1 aromatic heterocycles. The Kier molecular flexibility index (Phi) is 3.98. The average Bonchev–Trinajstić information content (AvgIpc) is 2.73. The van der Waals surface area contributed by atoms with Crippen molar-refractivity contribution in [3.63, 3.8) is 0 Å². The van der Waals surface area contributed by atoms with Gasteiger partial charge in [-0.25, -0.2) is 0 Å². The summed E-state index contributed by atoms with van der Waals surface area (Å²) >= 11 is 0. The van der Waals surface area contributed by atoms with Gasteiger partial charge in [-0.1, -0.05) is 13.8 Å². The lowest BCUT2D eigenvalue weighted by Gasteiger charge is -2.60. The predicted molar refractivity (Wildman–Crippen MR) is 97.1 cm³/mol. The number of aryl methyl sites for hydroxylation is 1. The first kappa shape index (κ1) is 17.1. The zero-order valence-corrected chi connectivity index (χ0v) is 15.7. The Morgan fingerprint density at radius 2 is 2.04 bits per heavy atom. The smallest absolute Gasteiger partial charge is 0.226 e. The van der Waals surface area contributed by atoms with Gasteiger partial charge in [0.1, 0.15) is 5.82 Å². The summed E-state index contributed by atoms with van der Waals surface area (Å²) in [6, 6.07) is 1.99. The number of hydrogen-bond acceptors (Lipinski definition) is 3. The van der Waals surface area contributed by atoms with Crippen molar-refractivity contribution < 1.29 is 9.90 Å². The van der Waals surface area contributed by atoms with Crippen molar-refractivity contribution in [1.82, 2.24) is 9.78 Å². The fourth-order valence-corrected chi connectivity index (χ4v) is 6.30. The van der Waals surface area contributed by atoms with Crippen molar-refractivity contribution in [3.05, 3.63) is 11.8 Å². The predicted octanol–water partition coefficient (Wildman–Crippen LogP) is 3.28. The van der Waals surface area contributed by atoms with Crippen LogP contribution in [0.2, 0.25) is 0 Å². The molecule has 5 nitrogen and oxygen atoms in total. The topological polar surface area (TPSA) is 67.2 Å². The van der Waals surface area contributed by atoms with Crippen molar-refractivity contribution in [1.29, 1.82) is 0 Å². The Bertz CT molecular complexity index is 664. The Morgan fingerprint density at radius 1 is 1.36 bits per heavy atom. The maximum absolute atomic E-state index is 12.8. The van der Waals surface area contributed by atoms with E-state index in [2.05, 4.69) is 24.3 Å². The van der Waals surface area contributed by atoms with Crippen molar-refractivity contribution in [3.8, 4) is 0 Å². The maximum atomic E-state index is 12.8. The molecule has 1 amide bonds. The normalized spacial score (nSPS) is 36.2. The lowest BCUT2D eigenvalue weighted by Crippen LogP contribution is -2.56. The number of rotatable bonds is 5. The molecule has 4 bridgehead atoms. The molecule has 0 saturated heterocycles. The third kappa shape index (κ3) is 3.35. The van der Waals surface area contributed by atoms with Gasteiger partial charge in [0.05, 0.1) is 11.3 Å². The fourth-order valence-electron chi connectivity index (χ4n) is 6.30. The first-order chi connectivity index (χ1) is 11.7. The molecule has 25 heavy (non-hydrogen) atoms. The van der Waals surface area contributed by atoms with E-state index in [4.69, 9.17) is 0 Å². The summed E-state index contributed by atoms with van der Waals surface area (Å²) in [5, 5.41) is 18.4. The van der Waals surface area contributed by atoms with Crippen LogP contribution in [-0.2, 0) is 18.3 Å². The molecule has 0 radical (unpaired) electrons. The minimum atomic E-state index is -0.499. The van der Waals surface area contributed by atoms with E-state index in [1.807, 2.05) is 13.1 Å². The summed E-state index contributed by atoms with van der Waals surface area (Å²) in [6.45, 7) is 4.34. The highest BCUT2D eigenvalue weighted by Gasteiger charge is 2.57.